The van der Waals surface area contributed by atoms with E-state index in [9.17, 15) is 10.2 Å². The van der Waals surface area contributed by atoms with Gasteiger partial charge < -0.3 is 15.1 Å². The third-order valence-electron chi connectivity index (χ3n) is 5.04. The van der Waals surface area contributed by atoms with Gasteiger partial charge in [0.15, 0.2) is 0 Å². The lowest BCUT2D eigenvalue weighted by Gasteiger charge is -2.34. The van der Waals surface area contributed by atoms with E-state index in [1.165, 1.54) is 11.1 Å². The van der Waals surface area contributed by atoms with E-state index in [0.29, 0.717) is 12.3 Å². The highest BCUT2D eigenvalue weighted by Crippen LogP contribution is 2.30. The Hall–Kier alpha value is -1.68. The fraction of sp³-hybridized carbons (Fsp3) is 0.429. The van der Waals surface area contributed by atoms with Crippen LogP contribution in [0.2, 0.25) is 0 Å². The number of hydrogen-bond acceptors (Lipinski definition) is 3. The summed E-state index contributed by atoms with van der Waals surface area (Å²) in [5, 5.41) is 19.9. The summed E-state index contributed by atoms with van der Waals surface area (Å²) in [6.07, 6.45) is 2.59. The summed E-state index contributed by atoms with van der Waals surface area (Å²) in [5.74, 6) is 0.524. The average Bonchev–Trinajstić information content (AvgIpc) is 2.63. The van der Waals surface area contributed by atoms with Crippen molar-refractivity contribution in [1.29, 1.82) is 0 Å². The highest BCUT2D eigenvalue weighted by atomic mass is 16.3. The van der Waals surface area contributed by atoms with Crippen LogP contribution in [0.25, 0.3) is 0 Å². The Morgan fingerprint density at radius 1 is 0.958 bits per heavy atom. The second kappa shape index (κ2) is 8.43. The molecular formula is C21H27NO2. The maximum atomic E-state index is 10.3. The van der Waals surface area contributed by atoms with Crippen LogP contribution in [0.5, 0.6) is 0 Å². The molecule has 0 saturated carbocycles. The molecule has 2 N–H and O–H groups in total. The second-order valence-electron chi connectivity index (χ2n) is 6.78. The van der Waals surface area contributed by atoms with Gasteiger partial charge in [0.25, 0.3) is 0 Å². The summed E-state index contributed by atoms with van der Waals surface area (Å²) in [6.45, 7) is 2.88. The molecule has 1 unspecified atom stereocenters. The Morgan fingerprint density at radius 3 is 2.33 bits per heavy atom. The fourth-order valence-corrected chi connectivity index (χ4v) is 3.75. The smallest absolute Gasteiger partial charge is 0.0707 e. The molecule has 2 aromatic carbocycles. The van der Waals surface area contributed by atoms with E-state index in [1.54, 1.807) is 0 Å². The van der Waals surface area contributed by atoms with Gasteiger partial charge in [0.2, 0.25) is 0 Å². The van der Waals surface area contributed by atoms with Crippen LogP contribution in [0.3, 0.4) is 0 Å². The monoisotopic (exact) mass is 325 g/mol. The highest BCUT2D eigenvalue weighted by molar-refractivity contribution is 5.30. The first-order valence-corrected chi connectivity index (χ1v) is 8.89. The van der Waals surface area contributed by atoms with Gasteiger partial charge in [-0.05, 0) is 55.0 Å². The van der Waals surface area contributed by atoms with Gasteiger partial charge >= 0.3 is 0 Å². The Morgan fingerprint density at radius 2 is 1.62 bits per heavy atom. The van der Waals surface area contributed by atoms with Gasteiger partial charge in [-0.3, -0.25) is 0 Å². The van der Waals surface area contributed by atoms with Crippen molar-refractivity contribution in [2.45, 2.75) is 37.9 Å². The lowest BCUT2D eigenvalue weighted by atomic mass is 9.86. The zero-order valence-corrected chi connectivity index (χ0v) is 14.1. The Bertz CT molecular complexity index is 621. The van der Waals surface area contributed by atoms with Gasteiger partial charge in [0.05, 0.1) is 12.7 Å². The summed E-state index contributed by atoms with van der Waals surface area (Å²) in [7, 11) is 0. The van der Waals surface area contributed by atoms with Crippen LogP contribution in [0, 0.1) is 0 Å². The standard InChI is InChI=1S/C21H27NO2/c23-16-19-8-4-5-9-21(19)18-10-12-22(13-11-18)15-20(24)14-17-6-2-1-3-7-17/h1-9,18,20,23-24H,10-16H2. The molecule has 24 heavy (non-hydrogen) atoms. The molecule has 1 saturated heterocycles. The zero-order chi connectivity index (χ0) is 16.8. The first-order valence-electron chi connectivity index (χ1n) is 8.89. The summed E-state index contributed by atoms with van der Waals surface area (Å²) in [4.78, 5) is 2.37. The summed E-state index contributed by atoms with van der Waals surface area (Å²) >= 11 is 0. The third-order valence-corrected chi connectivity index (χ3v) is 5.04. The van der Waals surface area contributed by atoms with Gasteiger partial charge in [-0.2, -0.15) is 0 Å². The lowest BCUT2D eigenvalue weighted by molar-refractivity contribution is 0.0970. The number of benzene rings is 2. The summed E-state index contributed by atoms with van der Waals surface area (Å²) in [6, 6.07) is 18.4. The van der Waals surface area contributed by atoms with Crippen molar-refractivity contribution in [2.75, 3.05) is 19.6 Å². The Labute approximate surface area is 144 Å². The number of piperidine rings is 1. The SMILES string of the molecule is OCc1ccccc1C1CCN(CC(O)Cc2ccccc2)CC1. The number of nitrogens with zero attached hydrogens (tertiary/aromatic N) is 1. The van der Waals surface area contributed by atoms with E-state index in [-0.39, 0.29) is 12.7 Å². The van der Waals surface area contributed by atoms with Crippen molar-refractivity contribution in [3.8, 4) is 0 Å². The Balaban J connectivity index is 1.50. The molecule has 1 aliphatic rings. The lowest BCUT2D eigenvalue weighted by Crippen LogP contribution is -2.39. The fourth-order valence-electron chi connectivity index (χ4n) is 3.75. The molecule has 1 atom stereocenters. The number of aliphatic hydroxyl groups is 2. The van der Waals surface area contributed by atoms with Gasteiger partial charge in [0, 0.05) is 6.54 Å². The van der Waals surface area contributed by atoms with Crippen molar-refractivity contribution in [2.24, 2.45) is 0 Å². The summed E-state index contributed by atoms with van der Waals surface area (Å²) < 4.78 is 0. The number of hydrogen-bond donors (Lipinski definition) is 2. The van der Waals surface area contributed by atoms with Gasteiger partial charge in [-0.1, -0.05) is 54.6 Å². The van der Waals surface area contributed by atoms with Crippen LogP contribution < -0.4 is 0 Å². The molecule has 0 amide bonds. The molecule has 0 radical (unpaired) electrons. The van der Waals surface area contributed by atoms with Gasteiger partial charge in [-0.15, -0.1) is 0 Å². The van der Waals surface area contributed by atoms with Gasteiger partial charge in [0.1, 0.15) is 0 Å². The zero-order valence-electron chi connectivity index (χ0n) is 14.1. The van der Waals surface area contributed by atoms with E-state index >= 15 is 0 Å². The van der Waals surface area contributed by atoms with Crippen LogP contribution in [0.4, 0.5) is 0 Å². The normalized spacial score (nSPS) is 17.8. The minimum absolute atomic E-state index is 0.117. The highest BCUT2D eigenvalue weighted by Gasteiger charge is 2.23. The number of aliphatic hydroxyl groups excluding tert-OH is 2. The number of rotatable bonds is 6. The van der Waals surface area contributed by atoms with Crippen molar-refractivity contribution < 1.29 is 10.2 Å². The Kier molecular flexibility index (Phi) is 6.02. The van der Waals surface area contributed by atoms with Crippen LogP contribution in [0.15, 0.2) is 54.6 Å². The molecule has 1 fully saturated rings. The molecule has 128 valence electrons. The first kappa shape index (κ1) is 17.2. The van der Waals surface area contributed by atoms with Crippen LogP contribution in [0.1, 0.15) is 35.4 Å². The number of likely N-dealkylation sites (tertiary alicyclic amines) is 1. The van der Waals surface area contributed by atoms with Crippen molar-refractivity contribution in [1.82, 2.24) is 4.90 Å². The van der Waals surface area contributed by atoms with Crippen LogP contribution >= 0.6 is 0 Å². The van der Waals surface area contributed by atoms with E-state index in [0.717, 1.165) is 38.0 Å². The predicted molar refractivity (Wildman–Crippen MR) is 96.9 cm³/mol. The molecule has 3 heteroatoms. The van der Waals surface area contributed by atoms with Gasteiger partial charge in [-0.25, -0.2) is 0 Å². The molecule has 0 spiro atoms. The molecule has 0 aromatic heterocycles. The van der Waals surface area contributed by atoms with E-state index < -0.39 is 0 Å². The molecular weight excluding hydrogens is 298 g/mol. The maximum Gasteiger partial charge on any atom is 0.0707 e. The molecule has 3 rings (SSSR count). The third kappa shape index (κ3) is 4.44. The summed E-state index contributed by atoms with van der Waals surface area (Å²) in [5.41, 5.74) is 3.54. The minimum Gasteiger partial charge on any atom is -0.392 e. The average molecular weight is 325 g/mol. The molecule has 0 bridgehead atoms. The number of β-amino-alcohol motifs (C(OH)–C–C–N with tert-alkyl or cyclic N) is 1. The van der Waals surface area contributed by atoms with E-state index in [4.69, 9.17) is 0 Å². The quantitative estimate of drug-likeness (QED) is 0.858. The largest absolute Gasteiger partial charge is 0.392 e. The van der Waals surface area contributed by atoms with Crippen LogP contribution in [-0.4, -0.2) is 40.9 Å². The molecule has 3 nitrogen and oxygen atoms in total. The molecule has 1 heterocycles. The molecule has 2 aromatic rings. The van der Waals surface area contributed by atoms with Crippen molar-refractivity contribution in [3.05, 3.63) is 71.3 Å². The topological polar surface area (TPSA) is 43.7 Å². The first-order chi connectivity index (χ1) is 11.8. The predicted octanol–water partition coefficient (Wildman–Crippen LogP) is 2.96. The molecule has 1 aliphatic heterocycles. The minimum atomic E-state index is -0.311. The second-order valence-corrected chi connectivity index (χ2v) is 6.78. The van der Waals surface area contributed by atoms with Crippen LogP contribution in [-0.2, 0) is 13.0 Å². The molecule has 0 aliphatic carbocycles. The maximum absolute atomic E-state index is 10.3. The van der Waals surface area contributed by atoms with E-state index in [1.807, 2.05) is 30.3 Å². The van der Waals surface area contributed by atoms with Crippen molar-refractivity contribution >= 4 is 0 Å². The van der Waals surface area contributed by atoms with E-state index in [2.05, 4.69) is 29.2 Å². The van der Waals surface area contributed by atoms with Crippen molar-refractivity contribution in [3.63, 3.8) is 0 Å².